The summed E-state index contributed by atoms with van der Waals surface area (Å²) in [6, 6.07) is -8.67. The minimum Gasteiger partial charge on any atom is -0.481 e. The van der Waals surface area contributed by atoms with E-state index in [-0.39, 0.29) is 51.6 Å². The van der Waals surface area contributed by atoms with Gasteiger partial charge in [0.05, 0.1) is 6.42 Å². The van der Waals surface area contributed by atoms with Gasteiger partial charge in [-0.25, -0.2) is 4.79 Å². The van der Waals surface area contributed by atoms with Gasteiger partial charge in [-0.1, -0.05) is 51.7 Å². The highest BCUT2D eigenvalue weighted by Crippen LogP contribution is 2.28. The number of nitrogen functional groups attached to an aromatic ring is 1. The van der Waals surface area contributed by atoms with Gasteiger partial charge in [0, 0.05) is 57.3 Å². The van der Waals surface area contributed by atoms with Crippen LogP contribution in [0.3, 0.4) is 0 Å². The van der Waals surface area contributed by atoms with Crippen molar-refractivity contribution in [1.29, 1.82) is 0 Å². The molecule has 4 rings (SSSR count). The molecule has 2 aliphatic heterocycles. The summed E-state index contributed by atoms with van der Waals surface area (Å²) >= 11 is 0. The van der Waals surface area contributed by atoms with Crippen molar-refractivity contribution < 1.29 is 107 Å². The van der Waals surface area contributed by atoms with Crippen LogP contribution in [0.25, 0.3) is 0 Å². The highest BCUT2D eigenvalue weighted by Gasteiger charge is 2.44. The fraction of sp³-hybridized carbons (Fsp3) is 0.633. The molecule has 0 bridgehead atoms. The number of benzene rings is 1. The lowest BCUT2D eigenvalue weighted by Gasteiger charge is -2.34. The second kappa shape index (κ2) is 37.2. The molecule has 2 saturated heterocycles. The fourth-order valence-electron chi connectivity index (χ4n) is 11.2. The van der Waals surface area contributed by atoms with Gasteiger partial charge < -0.3 is 88.7 Å². The van der Waals surface area contributed by atoms with Crippen LogP contribution in [-0.4, -0.2) is 209 Å². The maximum Gasteiger partial charge on any atom is 0.326 e. The van der Waals surface area contributed by atoms with Crippen LogP contribution >= 0.6 is 0 Å². The molecule has 1 aromatic rings. The van der Waals surface area contributed by atoms with E-state index in [4.69, 9.17) is 15.9 Å². The number of nitrogens with one attached hydrogen (secondary N) is 8. The van der Waals surface area contributed by atoms with Crippen molar-refractivity contribution in [1.82, 2.24) is 52.3 Å². The number of carbonyl (C=O) groups excluding carboxylic acids is 10. The van der Waals surface area contributed by atoms with Gasteiger partial charge in [0.2, 0.25) is 59.1 Å². The van der Waals surface area contributed by atoms with Crippen molar-refractivity contribution in [3.8, 4) is 0 Å². The average Bonchev–Trinajstić information content (AvgIpc) is 1.76. The Labute approximate surface area is 535 Å². The van der Waals surface area contributed by atoms with Crippen LogP contribution < -0.4 is 48.3 Å². The fourth-order valence-corrected chi connectivity index (χ4v) is 11.2. The Morgan fingerprint density at radius 2 is 0.914 bits per heavy atom. The Kier molecular flexibility index (Phi) is 30.4. The van der Waals surface area contributed by atoms with Crippen LogP contribution in [-0.2, 0) is 83.1 Å². The minimum absolute atomic E-state index is 0.00491. The van der Waals surface area contributed by atoms with Gasteiger partial charge in [-0.2, -0.15) is 0 Å². The Bertz CT molecular complexity index is 2900. The quantitative estimate of drug-likeness (QED) is 0.0343. The molecule has 0 aromatic heterocycles. The number of amides is 10. The number of hydrogen-bond donors (Lipinski definition) is 15. The lowest BCUT2D eigenvalue weighted by molar-refractivity contribution is -0.146. The van der Waals surface area contributed by atoms with Crippen molar-refractivity contribution >= 4 is 101 Å². The second-order valence-corrected chi connectivity index (χ2v) is 23.6. The first-order chi connectivity index (χ1) is 43.9. The second-order valence-electron chi connectivity index (χ2n) is 23.6. The lowest BCUT2D eigenvalue weighted by Crippen LogP contribution is -2.61. The number of hydrogen-bond acceptors (Lipinski definition) is 17. The summed E-state index contributed by atoms with van der Waals surface area (Å²) in [5, 5.41) is 76.6. The highest BCUT2D eigenvalue weighted by atomic mass is 16.4. The van der Waals surface area contributed by atoms with Gasteiger partial charge in [0.15, 0.2) is 0 Å². The van der Waals surface area contributed by atoms with Gasteiger partial charge in [0.25, 0.3) is 0 Å². The number of likely N-dealkylation sites (tertiary alicyclic amines) is 2. The van der Waals surface area contributed by atoms with E-state index in [9.17, 15) is 97.1 Å². The van der Waals surface area contributed by atoms with Crippen molar-refractivity contribution in [3.63, 3.8) is 0 Å². The topological polar surface area (TPSA) is 523 Å². The summed E-state index contributed by atoms with van der Waals surface area (Å²) in [6.07, 6.45) is -2.18. The molecule has 3 fully saturated rings. The molecular formula is C60H87N11O22. The Morgan fingerprint density at radius 3 is 1.43 bits per heavy atom. The van der Waals surface area contributed by atoms with Crippen molar-refractivity contribution in [3.05, 3.63) is 29.8 Å². The minimum atomic E-state index is -1.75. The van der Waals surface area contributed by atoms with Gasteiger partial charge in [0.1, 0.15) is 60.4 Å². The largest absolute Gasteiger partial charge is 0.481 e. The molecule has 33 heteroatoms. The lowest BCUT2D eigenvalue weighted by atomic mass is 9.83. The molecule has 0 spiro atoms. The Morgan fingerprint density at radius 1 is 0.462 bits per heavy atom. The Hall–Kier alpha value is -9.46. The maximum absolute atomic E-state index is 14.7. The van der Waals surface area contributed by atoms with E-state index >= 15 is 0 Å². The number of nitrogens with two attached hydrogens (primary N) is 1. The predicted octanol–water partition coefficient (Wildman–Crippen LogP) is -1.27. The molecule has 0 radical (unpaired) electrons. The van der Waals surface area contributed by atoms with E-state index in [1.54, 1.807) is 26.0 Å². The highest BCUT2D eigenvalue weighted by molar-refractivity contribution is 5.99. The molecule has 93 heavy (non-hydrogen) atoms. The number of anilines is 1. The first-order valence-corrected chi connectivity index (χ1v) is 31.1. The maximum atomic E-state index is 14.7. The normalized spacial score (nSPS) is 18.4. The van der Waals surface area contributed by atoms with Crippen LogP contribution in [0.15, 0.2) is 24.3 Å². The first-order valence-electron chi connectivity index (χ1n) is 31.1. The summed E-state index contributed by atoms with van der Waals surface area (Å²) in [5.41, 5.74) is 6.71. The molecule has 1 aromatic carbocycles. The van der Waals surface area contributed by atoms with Crippen LogP contribution in [0.2, 0.25) is 0 Å². The SMILES string of the molecule is CC[C@H](C)[C@H](NC(=O)[C@@H]1CCCN1C(=O)[C@H](CCC(=O)O)NC(=O)[C@H](Cc1ccc(N)cc1)NC(=O)CCC(=O)O)C(=O)N1CCC[C@H]1C(=O)N[C@@H](CCC(=O)O)C(=O)N[C@@H](CCC(=O)O)C(=O)N[C@@H](C)C(=O)N[C@H](C(=O)N[C@@H](CCC(=O)O)C(=O)O)C1CCCCC1. The van der Waals surface area contributed by atoms with Crippen molar-refractivity contribution in [2.24, 2.45) is 11.8 Å². The zero-order valence-electron chi connectivity index (χ0n) is 52.2. The van der Waals surface area contributed by atoms with E-state index in [2.05, 4.69) is 42.5 Å². The number of rotatable bonds is 38. The molecule has 33 nitrogen and oxygen atoms in total. The van der Waals surface area contributed by atoms with Crippen molar-refractivity contribution in [2.75, 3.05) is 18.8 Å². The number of carboxylic acids is 6. The zero-order chi connectivity index (χ0) is 69.2. The molecule has 11 atom stereocenters. The Balaban J connectivity index is 1.52. The standard InChI is InChI=1S/C60H87N11O22/c1-4-31(2)49(68-56(88)42-13-8-28-70(42)58(90)38(20-25-46(77)78)66-54(86)40(63-43(72)22-27-48(81)82)30-33-14-16-35(61)17-15-33)59(91)71-29-9-12-41(71)55(87)65-37(19-24-45(75)76)53(85)64-36(18-23-44(73)74)52(84)62-32(3)51(83)69-50(34-10-6-5-7-11-34)57(89)67-39(60(92)93)21-26-47(79)80/h14-17,31-32,34,36-42,49-50H,4-13,18-30,61H2,1-3H3,(H,62,84)(H,63,72)(H,64,85)(H,65,87)(H,66,86)(H,67,89)(H,68,88)(H,69,83)(H,73,74)(H,75,76)(H,77,78)(H,79,80)(H,81,82)(H,92,93)/t31-,32-,36-,37-,38-,39-,40-,41-,42-,49-,50-/m0/s1. The molecule has 514 valence electrons. The molecule has 10 amide bonds. The third kappa shape index (κ3) is 24.6. The van der Waals surface area contributed by atoms with E-state index in [0.29, 0.717) is 36.9 Å². The van der Waals surface area contributed by atoms with Crippen LogP contribution in [0, 0.1) is 11.8 Å². The summed E-state index contributed by atoms with van der Waals surface area (Å²) in [6.45, 7) is 4.47. The van der Waals surface area contributed by atoms with E-state index in [0.717, 1.165) is 16.2 Å². The summed E-state index contributed by atoms with van der Waals surface area (Å²) in [4.78, 5) is 212. The molecule has 16 N–H and O–H groups in total. The van der Waals surface area contributed by atoms with Crippen LogP contribution in [0.4, 0.5) is 5.69 Å². The molecule has 1 saturated carbocycles. The van der Waals surface area contributed by atoms with Gasteiger partial charge in [-0.15, -0.1) is 0 Å². The van der Waals surface area contributed by atoms with Crippen LogP contribution in [0.5, 0.6) is 0 Å². The summed E-state index contributed by atoms with van der Waals surface area (Å²) in [7, 11) is 0. The first kappa shape index (κ1) is 76.0. The summed E-state index contributed by atoms with van der Waals surface area (Å²) in [5.74, 6) is -18.7. The third-order valence-electron chi connectivity index (χ3n) is 16.6. The average molecular weight is 1310 g/mol. The third-order valence-corrected chi connectivity index (χ3v) is 16.6. The van der Waals surface area contributed by atoms with Gasteiger partial charge in [-0.3, -0.25) is 71.9 Å². The summed E-state index contributed by atoms with van der Waals surface area (Å²) < 4.78 is 0. The molecule has 2 heterocycles. The van der Waals surface area contributed by atoms with Gasteiger partial charge >= 0.3 is 35.8 Å². The predicted molar refractivity (Wildman–Crippen MR) is 323 cm³/mol. The molecule has 1 aliphatic carbocycles. The van der Waals surface area contributed by atoms with Gasteiger partial charge in [-0.05, 0) is 101 Å². The van der Waals surface area contributed by atoms with E-state index in [1.165, 1.54) is 19.1 Å². The monoisotopic (exact) mass is 1310 g/mol. The number of nitrogens with zero attached hydrogens (tertiary/aromatic N) is 2. The van der Waals surface area contributed by atoms with E-state index < -0.39 is 231 Å². The molecule has 3 aliphatic rings. The molecule has 0 unspecified atom stereocenters. The zero-order valence-corrected chi connectivity index (χ0v) is 52.2. The number of aliphatic carboxylic acids is 6. The number of carboxylic acid groups (broad SMARTS) is 6. The smallest absolute Gasteiger partial charge is 0.326 e. The van der Waals surface area contributed by atoms with Crippen molar-refractivity contribution in [2.45, 2.75) is 216 Å². The van der Waals surface area contributed by atoms with E-state index in [1.807, 2.05) is 0 Å². The number of carbonyl (C=O) groups is 16. The van der Waals surface area contributed by atoms with Crippen LogP contribution in [0.1, 0.15) is 155 Å². The molecular weight excluding hydrogens is 1230 g/mol.